The Morgan fingerprint density at radius 1 is 1.53 bits per heavy atom. The molecule has 0 aromatic carbocycles. The Bertz CT molecular complexity index is 587. The summed E-state index contributed by atoms with van der Waals surface area (Å²) in [6, 6.07) is 0. The minimum absolute atomic E-state index is 0.149. The molecule has 2 aromatic heterocycles. The number of rotatable bonds is 3. The van der Waals surface area contributed by atoms with Crippen LogP contribution in [0.1, 0.15) is 5.69 Å². The lowest BCUT2D eigenvalue weighted by molar-refractivity contribution is 0.408. The van der Waals surface area contributed by atoms with E-state index in [1.54, 1.807) is 10.9 Å². The van der Waals surface area contributed by atoms with Crippen molar-refractivity contribution in [2.75, 3.05) is 12.4 Å². The summed E-state index contributed by atoms with van der Waals surface area (Å²) in [6.07, 6.45) is 3.12. The van der Waals surface area contributed by atoms with E-state index >= 15 is 0 Å². The van der Waals surface area contributed by atoms with E-state index in [-0.39, 0.29) is 11.3 Å². The lowest BCUT2D eigenvalue weighted by Gasteiger charge is -2.07. The predicted molar refractivity (Wildman–Crippen MR) is 62.6 cm³/mol. The molecule has 0 saturated heterocycles. The number of aryl methyl sites for hydroxylation is 2. The van der Waals surface area contributed by atoms with Gasteiger partial charge in [0.2, 0.25) is 5.75 Å². The monoisotopic (exact) mass is 235 g/mol. The number of H-pyrrole nitrogens is 1. The molecule has 0 amide bonds. The van der Waals surface area contributed by atoms with E-state index in [4.69, 9.17) is 4.74 Å². The normalized spacial score (nSPS) is 10.3. The number of methoxy groups -OCH3 is 1. The topological polar surface area (TPSA) is 84.8 Å². The summed E-state index contributed by atoms with van der Waals surface area (Å²) >= 11 is 0. The van der Waals surface area contributed by atoms with E-state index in [9.17, 15) is 4.79 Å². The summed E-state index contributed by atoms with van der Waals surface area (Å²) in [6.45, 7) is 1.86. The standard InChI is InChI=1S/C10H13N5O2/c1-6-7(4-15(2)14-6)13-9-8(17-3)10(16)12-5-11-9/h4-5H,1-3H3,(H2,11,12,13,16). The Balaban J connectivity index is 2.39. The number of nitrogens with one attached hydrogen (secondary N) is 2. The summed E-state index contributed by atoms with van der Waals surface area (Å²) in [7, 11) is 3.24. The van der Waals surface area contributed by atoms with Crippen LogP contribution in [-0.2, 0) is 7.05 Å². The van der Waals surface area contributed by atoms with E-state index in [2.05, 4.69) is 20.4 Å². The van der Waals surface area contributed by atoms with Crippen molar-refractivity contribution >= 4 is 11.5 Å². The van der Waals surface area contributed by atoms with Crippen LogP contribution in [0, 0.1) is 6.92 Å². The third-order valence-electron chi connectivity index (χ3n) is 2.28. The molecule has 17 heavy (non-hydrogen) atoms. The Morgan fingerprint density at radius 3 is 2.88 bits per heavy atom. The molecule has 0 unspecified atom stereocenters. The van der Waals surface area contributed by atoms with Crippen molar-refractivity contribution in [2.45, 2.75) is 6.92 Å². The zero-order valence-corrected chi connectivity index (χ0v) is 9.81. The van der Waals surface area contributed by atoms with Crippen molar-refractivity contribution in [3.05, 3.63) is 28.6 Å². The minimum Gasteiger partial charge on any atom is -0.489 e. The van der Waals surface area contributed by atoms with E-state index in [0.29, 0.717) is 5.82 Å². The average molecular weight is 235 g/mol. The SMILES string of the molecule is COc1c(Nc2cn(C)nc2C)nc[nH]c1=O. The van der Waals surface area contributed by atoms with Gasteiger partial charge in [-0.15, -0.1) is 0 Å². The zero-order valence-electron chi connectivity index (χ0n) is 9.81. The van der Waals surface area contributed by atoms with Gasteiger partial charge in [0, 0.05) is 13.2 Å². The number of aromatic nitrogens is 4. The quantitative estimate of drug-likeness (QED) is 0.812. The van der Waals surface area contributed by atoms with E-state index < -0.39 is 0 Å². The lowest BCUT2D eigenvalue weighted by atomic mass is 10.4. The lowest BCUT2D eigenvalue weighted by Crippen LogP contribution is -2.12. The third kappa shape index (κ3) is 2.12. The third-order valence-corrected chi connectivity index (χ3v) is 2.28. The molecule has 2 aromatic rings. The number of anilines is 2. The Kier molecular flexibility index (Phi) is 2.82. The Morgan fingerprint density at radius 2 is 2.29 bits per heavy atom. The molecule has 0 aliphatic heterocycles. The molecule has 0 saturated carbocycles. The smallest absolute Gasteiger partial charge is 0.295 e. The van der Waals surface area contributed by atoms with Crippen molar-refractivity contribution in [3.8, 4) is 5.75 Å². The summed E-state index contributed by atoms with van der Waals surface area (Å²) < 4.78 is 6.68. The van der Waals surface area contributed by atoms with Crippen LogP contribution in [0.2, 0.25) is 0 Å². The Hall–Kier alpha value is -2.31. The van der Waals surface area contributed by atoms with Crippen LogP contribution >= 0.6 is 0 Å². The van der Waals surface area contributed by atoms with Gasteiger partial charge >= 0.3 is 0 Å². The average Bonchev–Trinajstić information content (AvgIpc) is 2.58. The maximum absolute atomic E-state index is 11.5. The van der Waals surface area contributed by atoms with Crippen molar-refractivity contribution in [1.82, 2.24) is 19.7 Å². The molecule has 0 fully saturated rings. The first-order valence-electron chi connectivity index (χ1n) is 5.00. The fourth-order valence-corrected chi connectivity index (χ4v) is 1.52. The molecular weight excluding hydrogens is 222 g/mol. The van der Waals surface area contributed by atoms with Crippen LogP contribution in [0.5, 0.6) is 5.75 Å². The van der Waals surface area contributed by atoms with Crippen LogP contribution < -0.4 is 15.6 Å². The van der Waals surface area contributed by atoms with Crippen LogP contribution in [0.3, 0.4) is 0 Å². The molecule has 0 spiro atoms. The molecule has 0 aliphatic carbocycles. The van der Waals surface area contributed by atoms with Gasteiger partial charge in [-0.1, -0.05) is 0 Å². The minimum atomic E-state index is -0.327. The van der Waals surface area contributed by atoms with Crippen LogP contribution in [-0.4, -0.2) is 26.9 Å². The van der Waals surface area contributed by atoms with Gasteiger partial charge in [-0.05, 0) is 6.92 Å². The van der Waals surface area contributed by atoms with Gasteiger partial charge in [-0.3, -0.25) is 9.48 Å². The van der Waals surface area contributed by atoms with Gasteiger partial charge in [-0.25, -0.2) is 4.98 Å². The van der Waals surface area contributed by atoms with Crippen molar-refractivity contribution in [1.29, 1.82) is 0 Å². The molecule has 90 valence electrons. The van der Waals surface area contributed by atoms with Crippen LogP contribution in [0.4, 0.5) is 11.5 Å². The maximum Gasteiger partial charge on any atom is 0.295 e. The first kappa shape index (κ1) is 11.2. The number of nitrogens with zero attached hydrogens (tertiary/aromatic N) is 3. The molecule has 7 nitrogen and oxygen atoms in total. The van der Waals surface area contributed by atoms with Crippen molar-refractivity contribution < 1.29 is 4.74 Å². The van der Waals surface area contributed by atoms with Gasteiger partial charge in [0.05, 0.1) is 24.8 Å². The maximum atomic E-state index is 11.5. The van der Waals surface area contributed by atoms with Gasteiger partial charge in [0.1, 0.15) is 0 Å². The summed E-state index contributed by atoms with van der Waals surface area (Å²) in [5.41, 5.74) is 1.27. The molecule has 7 heteroatoms. The second-order valence-corrected chi connectivity index (χ2v) is 3.54. The molecule has 2 N–H and O–H groups in total. The van der Waals surface area contributed by atoms with Gasteiger partial charge in [-0.2, -0.15) is 5.10 Å². The summed E-state index contributed by atoms with van der Waals surface area (Å²) in [4.78, 5) is 17.9. The molecule has 0 bridgehead atoms. The highest BCUT2D eigenvalue weighted by Crippen LogP contribution is 2.22. The number of hydrogen-bond acceptors (Lipinski definition) is 5. The molecule has 2 heterocycles. The highest BCUT2D eigenvalue weighted by molar-refractivity contribution is 5.62. The molecule has 0 radical (unpaired) electrons. The van der Waals surface area contributed by atoms with Crippen molar-refractivity contribution in [2.24, 2.45) is 7.05 Å². The number of ether oxygens (including phenoxy) is 1. The first-order valence-corrected chi connectivity index (χ1v) is 5.00. The fraction of sp³-hybridized carbons (Fsp3) is 0.300. The van der Waals surface area contributed by atoms with Crippen molar-refractivity contribution in [3.63, 3.8) is 0 Å². The fourth-order valence-electron chi connectivity index (χ4n) is 1.52. The second kappa shape index (κ2) is 4.28. The molecular formula is C10H13N5O2. The Labute approximate surface area is 97.5 Å². The number of hydrogen-bond donors (Lipinski definition) is 2. The molecule has 0 atom stereocenters. The molecule has 0 aliphatic rings. The summed E-state index contributed by atoms with van der Waals surface area (Å²) in [5, 5.41) is 7.20. The summed E-state index contributed by atoms with van der Waals surface area (Å²) in [5.74, 6) is 0.517. The first-order chi connectivity index (χ1) is 8.11. The number of aromatic amines is 1. The predicted octanol–water partition coefficient (Wildman–Crippen LogP) is 0.564. The van der Waals surface area contributed by atoms with Gasteiger partial charge < -0.3 is 15.0 Å². The van der Waals surface area contributed by atoms with Gasteiger partial charge in [0.25, 0.3) is 5.56 Å². The zero-order chi connectivity index (χ0) is 12.4. The largest absolute Gasteiger partial charge is 0.489 e. The second-order valence-electron chi connectivity index (χ2n) is 3.54. The van der Waals surface area contributed by atoms with Crippen LogP contribution in [0.15, 0.2) is 17.3 Å². The highest BCUT2D eigenvalue weighted by atomic mass is 16.5. The van der Waals surface area contributed by atoms with Gasteiger partial charge in [0.15, 0.2) is 5.82 Å². The molecule has 2 rings (SSSR count). The van der Waals surface area contributed by atoms with E-state index in [1.807, 2.05) is 14.0 Å². The van der Waals surface area contributed by atoms with Crippen LogP contribution in [0.25, 0.3) is 0 Å². The van der Waals surface area contributed by atoms with E-state index in [1.165, 1.54) is 13.4 Å². The van der Waals surface area contributed by atoms with E-state index in [0.717, 1.165) is 11.4 Å². The highest BCUT2D eigenvalue weighted by Gasteiger charge is 2.11.